The van der Waals surface area contributed by atoms with E-state index >= 15 is 0 Å². The van der Waals surface area contributed by atoms with Crippen molar-refractivity contribution in [3.05, 3.63) is 131 Å². The first-order valence-corrected chi connectivity index (χ1v) is 16.0. The second-order valence-corrected chi connectivity index (χ2v) is 13.7. The Morgan fingerprint density at radius 3 is 2.23 bits per heavy atom. The molecule has 3 aliphatic rings. The third-order valence-corrected chi connectivity index (χ3v) is 9.58. The van der Waals surface area contributed by atoms with Crippen LogP contribution in [0.1, 0.15) is 58.1 Å². The van der Waals surface area contributed by atoms with Gasteiger partial charge in [0, 0.05) is 22.2 Å². The highest BCUT2D eigenvalue weighted by molar-refractivity contribution is 7.85. The molecule has 0 aromatic heterocycles. The van der Waals surface area contributed by atoms with Crippen LogP contribution < -0.4 is 10.1 Å². The number of allylic oxidation sites excluding steroid dienone is 7. The van der Waals surface area contributed by atoms with Crippen LogP contribution in [0.3, 0.4) is 0 Å². The monoisotopic (exact) mass is 592 g/mol. The van der Waals surface area contributed by atoms with Gasteiger partial charge in [0.15, 0.2) is 0 Å². The molecule has 3 aromatic rings. The summed E-state index contributed by atoms with van der Waals surface area (Å²) in [7, 11) is -4.30. The molecule has 6 nitrogen and oxygen atoms in total. The average Bonchev–Trinajstić information content (AvgIpc) is 3.39. The Morgan fingerprint density at radius 2 is 1.53 bits per heavy atom. The first-order chi connectivity index (χ1) is 20.4. The molecule has 2 heterocycles. The van der Waals surface area contributed by atoms with Gasteiger partial charge >= 0.3 is 0 Å². The zero-order valence-electron chi connectivity index (χ0n) is 24.9. The van der Waals surface area contributed by atoms with Crippen molar-refractivity contribution in [2.24, 2.45) is 4.99 Å². The number of ether oxygens (including phenoxy) is 1. The molecule has 0 amide bonds. The molecule has 2 N–H and O–H groups in total. The summed E-state index contributed by atoms with van der Waals surface area (Å²) >= 11 is 0. The summed E-state index contributed by atoms with van der Waals surface area (Å²) in [5, 5.41) is 3.59. The SMILES string of the molecule is CC1(C)C(/C=C/C2=C(Oc3ccc(S(=O)(=O)O)cc3)C(=C/C=C3/Nc4ccccc4C3(C)C)/CCC2)=Nc2ccccc21. The summed E-state index contributed by atoms with van der Waals surface area (Å²) in [5.41, 5.74) is 8.42. The minimum absolute atomic E-state index is 0.164. The van der Waals surface area contributed by atoms with Crippen LogP contribution in [0.15, 0.2) is 130 Å². The van der Waals surface area contributed by atoms with E-state index in [2.05, 4.69) is 87.6 Å². The van der Waals surface area contributed by atoms with Crippen LogP contribution in [-0.2, 0) is 20.9 Å². The van der Waals surface area contributed by atoms with Crippen molar-refractivity contribution in [2.45, 2.75) is 62.7 Å². The molecule has 0 unspecified atom stereocenters. The number of fused-ring (bicyclic) bond motifs is 2. The van der Waals surface area contributed by atoms with Crippen LogP contribution in [0, 0.1) is 0 Å². The van der Waals surface area contributed by atoms with Gasteiger partial charge in [-0.05, 0) is 90.1 Å². The number of nitrogens with one attached hydrogen (secondary N) is 1. The predicted molar refractivity (Wildman–Crippen MR) is 173 cm³/mol. The first kappa shape index (κ1) is 28.9. The lowest BCUT2D eigenvalue weighted by atomic mass is 9.81. The van der Waals surface area contributed by atoms with Crippen molar-refractivity contribution < 1.29 is 17.7 Å². The van der Waals surface area contributed by atoms with Crippen LogP contribution in [0.5, 0.6) is 5.75 Å². The molecular weight excluding hydrogens is 556 g/mol. The fourth-order valence-corrected chi connectivity index (χ4v) is 6.58. The minimum Gasteiger partial charge on any atom is -0.457 e. The van der Waals surface area contributed by atoms with E-state index in [1.165, 1.54) is 23.3 Å². The fourth-order valence-electron chi connectivity index (χ4n) is 6.10. The van der Waals surface area contributed by atoms with E-state index in [9.17, 15) is 13.0 Å². The Hall–Kier alpha value is -4.20. The van der Waals surface area contributed by atoms with E-state index in [0.29, 0.717) is 5.75 Å². The Bertz CT molecular complexity index is 1860. The molecule has 0 fully saturated rings. The van der Waals surface area contributed by atoms with Crippen molar-refractivity contribution in [2.75, 3.05) is 5.32 Å². The maximum absolute atomic E-state index is 11.6. The smallest absolute Gasteiger partial charge is 0.294 e. The third kappa shape index (κ3) is 5.51. The van der Waals surface area contributed by atoms with Crippen molar-refractivity contribution in [3.8, 4) is 5.75 Å². The van der Waals surface area contributed by atoms with Crippen molar-refractivity contribution in [1.82, 2.24) is 0 Å². The third-order valence-electron chi connectivity index (χ3n) is 8.71. The van der Waals surface area contributed by atoms with Crippen LogP contribution in [0.4, 0.5) is 11.4 Å². The number of para-hydroxylation sites is 2. The molecular formula is C36H36N2O4S. The molecule has 2 aliphatic heterocycles. The quantitative estimate of drug-likeness (QED) is 0.280. The van der Waals surface area contributed by atoms with Gasteiger partial charge in [-0.25, -0.2) is 0 Å². The molecule has 3 aromatic carbocycles. The summed E-state index contributed by atoms with van der Waals surface area (Å²) < 4.78 is 39.1. The number of hydrogen-bond donors (Lipinski definition) is 2. The van der Waals surface area contributed by atoms with Gasteiger partial charge in [-0.2, -0.15) is 8.42 Å². The first-order valence-electron chi connectivity index (χ1n) is 14.6. The van der Waals surface area contributed by atoms with Crippen molar-refractivity contribution in [1.29, 1.82) is 0 Å². The Labute approximate surface area is 254 Å². The molecule has 0 spiro atoms. The van der Waals surface area contributed by atoms with Crippen LogP contribution in [-0.4, -0.2) is 18.7 Å². The second kappa shape index (κ2) is 10.8. The number of anilines is 1. The van der Waals surface area contributed by atoms with Gasteiger partial charge in [0.25, 0.3) is 10.1 Å². The van der Waals surface area contributed by atoms with Crippen molar-refractivity contribution >= 4 is 27.2 Å². The maximum Gasteiger partial charge on any atom is 0.294 e. The fraction of sp³-hybridized carbons (Fsp3) is 0.250. The summed E-state index contributed by atoms with van der Waals surface area (Å²) in [5.74, 6) is 1.24. The normalized spacial score (nSPS) is 20.7. The minimum atomic E-state index is -4.30. The number of hydrogen-bond acceptors (Lipinski definition) is 5. The van der Waals surface area contributed by atoms with Crippen molar-refractivity contribution in [3.63, 3.8) is 0 Å². The van der Waals surface area contributed by atoms with Gasteiger partial charge in [0.1, 0.15) is 11.5 Å². The van der Waals surface area contributed by atoms with E-state index in [1.54, 1.807) is 12.1 Å². The average molecular weight is 593 g/mol. The molecule has 6 rings (SSSR count). The van der Waals surface area contributed by atoms with Gasteiger partial charge in [-0.3, -0.25) is 9.55 Å². The van der Waals surface area contributed by atoms with E-state index < -0.39 is 10.1 Å². The number of benzene rings is 3. The molecule has 7 heteroatoms. The van der Waals surface area contributed by atoms with E-state index in [1.807, 2.05) is 18.2 Å². The van der Waals surface area contributed by atoms with E-state index in [4.69, 9.17) is 9.73 Å². The lowest BCUT2D eigenvalue weighted by Gasteiger charge is -2.24. The Kier molecular flexibility index (Phi) is 7.27. The Balaban J connectivity index is 1.38. The standard InChI is InChI=1S/C36H36N2O4S/c1-35(2)28-12-5-7-14-30(28)37-32(35)22-16-24-10-9-11-25(34(24)42-26-18-20-27(21-19-26)43(39,40)41)17-23-33-36(3,4)29-13-6-8-15-31(29)38-33/h5-8,12-23,37H,9-11H2,1-4H3,(H,39,40,41)/b23-17+,24-16+,32-22+. The topological polar surface area (TPSA) is 88.0 Å². The summed E-state index contributed by atoms with van der Waals surface area (Å²) in [6, 6.07) is 22.5. The van der Waals surface area contributed by atoms with Gasteiger partial charge in [-0.1, -0.05) is 76.2 Å². The summed E-state index contributed by atoms with van der Waals surface area (Å²) in [4.78, 5) is 4.75. The molecule has 0 saturated carbocycles. The van der Waals surface area contributed by atoms with E-state index in [0.717, 1.165) is 59.0 Å². The maximum atomic E-state index is 11.6. The number of aliphatic imine (C=N–C) groups is 1. The molecule has 220 valence electrons. The molecule has 1 aliphatic carbocycles. The zero-order valence-corrected chi connectivity index (χ0v) is 25.7. The number of rotatable bonds is 6. The molecule has 0 atom stereocenters. The Morgan fingerprint density at radius 1 is 0.837 bits per heavy atom. The lowest BCUT2D eigenvalue weighted by Crippen LogP contribution is -2.23. The largest absolute Gasteiger partial charge is 0.457 e. The summed E-state index contributed by atoms with van der Waals surface area (Å²) in [6.45, 7) is 8.82. The highest BCUT2D eigenvalue weighted by Gasteiger charge is 2.35. The highest BCUT2D eigenvalue weighted by Crippen LogP contribution is 2.44. The van der Waals surface area contributed by atoms with Crippen LogP contribution in [0.25, 0.3) is 0 Å². The second-order valence-electron chi connectivity index (χ2n) is 12.3. The van der Waals surface area contributed by atoms with Crippen LogP contribution >= 0.6 is 0 Å². The van der Waals surface area contributed by atoms with Crippen LogP contribution in [0.2, 0.25) is 0 Å². The van der Waals surface area contributed by atoms with Gasteiger partial charge in [0.05, 0.1) is 16.3 Å². The number of nitrogens with zero attached hydrogens (tertiary/aromatic N) is 1. The lowest BCUT2D eigenvalue weighted by molar-refractivity contribution is 0.415. The molecule has 0 radical (unpaired) electrons. The van der Waals surface area contributed by atoms with Gasteiger partial charge < -0.3 is 10.1 Å². The van der Waals surface area contributed by atoms with E-state index in [-0.39, 0.29) is 15.7 Å². The van der Waals surface area contributed by atoms with Gasteiger partial charge in [0.2, 0.25) is 0 Å². The molecule has 43 heavy (non-hydrogen) atoms. The highest BCUT2D eigenvalue weighted by atomic mass is 32.2. The predicted octanol–water partition coefficient (Wildman–Crippen LogP) is 8.58. The molecule has 0 saturated heterocycles. The molecule has 0 bridgehead atoms. The van der Waals surface area contributed by atoms with Gasteiger partial charge in [-0.15, -0.1) is 0 Å². The summed E-state index contributed by atoms with van der Waals surface area (Å²) in [6.07, 6.45) is 11.1. The zero-order chi connectivity index (χ0) is 30.4.